The van der Waals surface area contributed by atoms with E-state index in [-0.39, 0.29) is 23.7 Å². The van der Waals surface area contributed by atoms with Gasteiger partial charge in [-0.15, -0.1) is 0 Å². The first-order valence-corrected chi connectivity index (χ1v) is 7.05. The van der Waals surface area contributed by atoms with Crippen LogP contribution >= 0.6 is 11.6 Å². The highest BCUT2D eigenvalue weighted by atomic mass is 35.5. The maximum atomic E-state index is 12.2. The number of fused-ring (bicyclic) bond motifs is 1. The van der Waals surface area contributed by atoms with E-state index >= 15 is 0 Å². The molecule has 2 atom stereocenters. The number of carbonyl (C=O) groups excluding carboxylic acids is 3. The molecular formula is C15H13ClN2O3. The Hall–Kier alpha value is -2.14. The van der Waals surface area contributed by atoms with Crippen molar-refractivity contribution in [3.8, 4) is 0 Å². The second-order valence-corrected chi connectivity index (χ2v) is 5.55. The molecule has 2 unspecified atom stereocenters. The van der Waals surface area contributed by atoms with E-state index in [9.17, 15) is 14.4 Å². The molecule has 0 radical (unpaired) electrons. The quantitative estimate of drug-likeness (QED) is 0.670. The molecule has 1 aliphatic carbocycles. The summed E-state index contributed by atoms with van der Waals surface area (Å²) in [4.78, 5) is 36.5. The molecule has 108 valence electrons. The normalized spacial score (nSPS) is 24.1. The summed E-state index contributed by atoms with van der Waals surface area (Å²) in [6, 6.07) is 6.23. The minimum absolute atomic E-state index is 0.336. The van der Waals surface area contributed by atoms with Crippen LogP contribution in [0.2, 0.25) is 5.02 Å². The number of hydrogen-bond donors (Lipinski definition) is 1. The van der Waals surface area contributed by atoms with Crippen molar-refractivity contribution < 1.29 is 14.4 Å². The summed E-state index contributed by atoms with van der Waals surface area (Å²) in [6.45, 7) is 0. The van der Waals surface area contributed by atoms with Crippen molar-refractivity contribution in [3.63, 3.8) is 0 Å². The third-order valence-corrected chi connectivity index (χ3v) is 4.08. The molecule has 2 aliphatic rings. The van der Waals surface area contributed by atoms with Crippen LogP contribution in [0.5, 0.6) is 0 Å². The van der Waals surface area contributed by atoms with E-state index in [2.05, 4.69) is 5.43 Å². The first-order valence-electron chi connectivity index (χ1n) is 6.67. The van der Waals surface area contributed by atoms with Gasteiger partial charge in [0.05, 0.1) is 11.8 Å². The molecule has 1 aromatic rings. The van der Waals surface area contributed by atoms with E-state index in [0.717, 1.165) is 5.01 Å². The summed E-state index contributed by atoms with van der Waals surface area (Å²) < 4.78 is 0. The van der Waals surface area contributed by atoms with Gasteiger partial charge in [-0.25, -0.2) is 0 Å². The average Bonchev–Trinajstić information content (AvgIpc) is 2.73. The Bertz CT molecular complexity index is 613. The fourth-order valence-electron chi connectivity index (χ4n) is 2.68. The number of halogens is 1. The van der Waals surface area contributed by atoms with Gasteiger partial charge in [-0.05, 0) is 37.1 Å². The summed E-state index contributed by atoms with van der Waals surface area (Å²) in [5.74, 6) is -1.88. The molecule has 0 aromatic heterocycles. The Labute approximate surface area is 126 Å². The fourth-order valence-corrected chi connectivity index (χ4v) is 2.80. The van der Waals surface area contributed by atoms with Crippen LogP contribution in [0.25, 0.3) is 0 Å². The molecule has 0 spiro atoms. The first kappa shape index (κ1) is 13.8. The van der Waals surface area contributed by atoms with Gasteiger partial charge in [0, 0.05) is 10.6 Å². The van der Waals surface area contributed by atoms with E-state index in [1.807, 2.05) is 12.2 Å². The van der Waals surface area contributed by atoms with Crippen LogP contribution in [0.15, 0.2) is 36.4 Å². The van der Waals surface area contributed by atoms with Crippen molar-refractivity contribution in [2.75, 3.05) is 0 Å². The molecule has 1 saturated heterocycles. The van der Waals surface area contributed by atoms with Crippen LogP contribution in [0.1, 0.15) is 23.2 Å². The van der Waals surface area contributed by atoms with Crippen molar-refractivity contribution >= 4 is 29.3 Å². The van der Waals surface area contributed by atoms with Crippen LogP contribution in [0, 0.1) is 11.8 Å². The molecule has 1 aliphatic heterocycles. The molecule has 1 aromatic carbocycles. The highest BCUT2D eigenvalue weighted by molar-refractivity contribution is 6.30. The van der Waals surface area contributed by atoms with Crippen molar-refractivity contribution in [2.45, 2.75) is 12.8 Å². The van der Waals surface area contributed by atoms with Crippen molar-refractivity contribution in [3.05, 3.63) is 47.0 Å². The van der Waals surface area contributed by atoms with E-state index in [1.165, 1.54) is 12.1 Å². The summed E-state index contributed by atoms with van der Waals surface area (Å²) in [5, 5.41) is 1.37. The van der Waals surface area contributed by atoms with Crippen LogP contribution in [0.4, 0.5) is 0 Å². The Balaban J connectivity index is 1.76. The monoisotopic (exact) mass is 304 g/mol. The van der Waals surface area contributed by atoms with Gasteiger partial charge in [-0.3, -0.25) is 19.8 Å². The molecule has 5 nitrogen and oxygen atoms in total. The van der Waals surface area contributed by atoms with Gasteiger partial charge in [0.2, 0.25) is 0 Å². The smallest absolute Gasteiger partial charge is 0.270 e. The minimum Gasteiger partial charge on any atom is -0.272 e. The SMILES string of the molecule is O=C(NN1C(=O)C2CC=CCC2C1=O)c1ccc(Cl)cc1. The lowest BCUT2D eigenvalue weighted by Gasteiger charge is -2.15. The zero-order valence-electron chi connectivity index (χ0n) is 11.1. The largest absolute Gasteiger partial charge is 0.272 e. The van der Waals surface area contributed by atoms with Gasteiger partial charge >= 0.3 is 0 Å². The molecule has 1 N–H and O–H groups in total. The lowest BCUT2D eigenvalue weighted by atomic mass is 9.85. The molecule has 3 amide bonds. The second kappa shape index (κ2) is 5.33. The second-order valence-electron chi connectivity index (χ2n) is 5.12. The minimum atomic E-state index is -0.500. The van der Waals surface area contributed by atoms with Gasteiger partial charge in [0.1, 0.15) is 0 Å². The van der Waals surface area contributed by atoms with Gasteiger partial charge in [0.15, 0.2) is 0 Å². The maximum absolute atomic E-state index is 12.2. The number of carbonyl (C=O) groups is 3. The fraction of sp³-hybridized carbons (Fsp3) is 0.267. The van der Waals surface area contributed by atoms with E-state index in [4.69, 9.17) is 11.6 Å². The standard InChI is InChI=1S/C15H13ClN2O3/c16-10-7-5-9(6-8-10)13(19)17-18-14(20)11-3-1-2-4-12(11)15(18)21/h1-2,5-8,11-12H,3-4H2,(H,17,19). The van der Waals surface area contributed by atoms with Crippen LogP contribution < -0.4 is 5.43 Å². The van der Waals surface area contributed by atoms with E-state index in [0.29, 0.717) is 23.4 Å². The number of amides is 3. The highest BCUT2D eigenvalue weighted by Crippen LogP contribution is 2.34. The highest BCUT2D eigenvalue weighted by Gasteiger charge is 2.48. The zero-order chi connectivity index (χ0) is 15.0. The lowest BCUT2D eigenvalue weighted by molar-refractivity contribution is -0.142. The number of rotatable bonds is 2. The maximum Gasteiger partial charge on any atom is 0.270 e. The molecule has 0 saturated carbocycles. The molecule has 3 rings (SSSR count). The summed E-state index contributed by atoms with van der Waals surface area (Å²) in [7, 11) is 0. The molecule has 1 heterocycles. The Morgan fingerprint density at radius 1 is 1.05 bits per heavy atom. The number of hydrazine groups is 1. The number of benzene rings is 1. The first-order chi connectivity index (χ1) is 10.1. The van der Waals surface area contributed by atoms with E-state index in [1.54, 1.807) is 12.1 Å². The van der Waals surface area contributed by atoms with Crippen LogP contribution in [0.3, 0.4) is 0 Å². The Kier molecular flexibility index (Phi) is 3.51. The molecule has 0 bridgehead atoms. The summed E-state index contributed by atoms with van der Waals surface area (Å²) in [5.41, 5.74) is 2.74. The third-order valence-electron chi connectivity index (χ3n) is 3.83. The number of allylic oxidation sites excluding steroid dienone is 2. The Morgan fingerprint density at radius 2 is 1.57 bits per heavy atom. The van der Waals surface area contributed by atoms with Gasteiger partial charge in [-0.2, -0.15) is 5.01 Å². The third kappa shape index (κ3) is 2.45. The number of hydrogen-bond acceptors (Lipinski definition) is 3. The molecule has 1 fully saturated rings. The van der Waals surface area contributed by atoms with Crippen molar-refractivity contribution in [2.24, 2.45) is 11.8 Å². The molecular weight excluding hydrogens is 292 g/mol. The average molecular weight is 305 g/mol. The number of nitrogens with zero attached hydrogens (tertiary/aromatic N) is 1. The Morgan fingerprint density at radius 3 is 2.10 bits per heavy atom. The molecule has 21 heavy (non-hydrogen) atoms. The van der Waals surface area contributed by atoms with Crippen molar-refractivity contribution in [1.82, 2.24) is 10.4 Å². The van der Waals surface area contributed by atoms with Crippen LogP contribution in [-0.2, 0) is 9.59 Å². The molecule has 6 heteroatoms. The van der Waals surface area contributed by atoms with Crippen molar-refractivity contribution in [1.29, 1.82) is 0 Å². The van der Waals surface area contributed by atoms with E-state index < -0.39 is 5.91 Å². The zero-order valence-corrected chi connectivity index (χ0v) is 11.8. The summed E-state index contributed by atoms with van der Waals surface area (Å²) >= 11 is 5.76. The van der Waals surface area contributed by atoms with Gasteiger partial charge in [-0.1, -0.05) is 23.8 Å². The summed E-state index contributed by atoms with van der Waals surface area (Å²) in [6.07, 6.45) is 4.89. The van der Waals surface area contributed by atoms with Gasteiger partial charge in [0.25, 0.3) is 17.7 Å². The number of nitrogens with one attached hydrogen (secondary N) is 1. The number of imide groups is 1. The predicted octanol–water partition coefficient (Wildman–Crippen LogP) is 1.94. The lowest BCUT2D eigenvalue weighted by Crippen LogP contribution is -2.46. The van der Waals surface area contributed by atoms with Gasteiger partial charge < -0.3 is 0 Å². The van der Waals surface area contributed by atoms with Crippen LogP contribution in [-0.4, -0.2) is 22.7 Å². The predicted molar refractivity (Wildman–Crippen MR) is 76.1 cm³/mol. The topological polar surface area (TPSA) is 66.5 Å².